The van der Waals surface area contributed by atoms with Crippen molar-refractivity contribution < 1.29 is 14.3 Å². The molecule has 1 fully saturated rings. The molecule has 20 heavy (non-hydrogen) atoms. The van der Waals surface area contributed by atoms with Crippen molar-refractivity contribution in [2.75, 3.05) is 6.61 Å². The summed E-state index contributed by atoms with van der Waals surface area (Å²) in [7, 11) is 0. The van der Waals surface area contributed by atoms with Crippen LogP contribution >= 0.6 is 0 Å². The first-order valence-electron chi connectivity index (χ1n) is 8.33. The highest BCUT2D eigenvalue weighted by atomic mass is 16.5. The molecule has 1 aliphatic carbocycles. The number of carbonyl (C=O) groups excluding carboxylic acids is 2. The number of unbranched alkanes of at least 4 members (excludes halogenated alkanes) is 4. The van der Waals surface area contributed by atoms with Gasteiger partial charge in [-0.3, -0.25) is 9.59 Å². The monoisotopic (exact) mass is 282 g/mol. The van der Waals surface area contributed by atoms with E-state index in [-0.39, 0.29) is 5.97 Å². The Labute approximate surface area is 123 Å². The van der Waals surface area contributed by atoms with E-state index in [1.165, 1.54) is 0 Å². The van der Waals surface area contributed by atoms with Crippen LogP contribution < -0.4 is 0 Å². The van der Waals surface area contributed by atoms with Crippen molar-refractivity contribution in [3.05, 3.63) is 0 Å². The Morgan fingerprint density at radius 3 is 2.60 bits per heavy atom. The molecule has 0 N–H and O–H groups in total. The molecule has 0 bridgehead atoms. The molecule has 116 valence electrons. The molecular weight excluding hydrogens is 252 g/mol. The minimum atomic E-state index is -0.0574. The van der Waals surface area contributed by atoms with Gasteiger partial charge in [0.25, 0.3) is 0 Å². The van der Waals surface area contributed by atoms with Gasteiger partial charge in [0.05, 0.1) is 6.61 Å². The molecule has 1 aliphatic rings. The molecule has 0 aromatic carbocycles. The first-order chi connectivity index (χ1) is 9.65. The number of rotatable bonds is 10. The zero-order chi connectivity index (χ0) is 14.8. The van der Waals surface area contributed by atoms with Crippen molar-refractivity contribution in [1.29, 1.82) is 0 Å². The van der Waals surface area contributed by atoms with E-state index in [4.69, 9.17) is 4.74 Å². The van der Waals surface area contributed by atoms with Crippen LogP contribution in [0, 0.1) is 11.8 Å². The molecule has 0 unspecified atom stereocenters. The fourth-order valence-corrected chi connectivity index (χ4v) is 2.91. The fourth-order valence-electron chi connectivity index (χ4n) is 2.91. The highest BCUT2D eigenvalue weighted by Crippen LogP contribution is 2.32. The van der Waals surface area contributed by atoms with E-state index >= 15 is 0 Å². The van der Waals surface area contributed by atoms with Crippen LogP contribution in [0.1, 0.15) is 78.1 Å². The van der Waals surface area contributed by atoms with Crippen molar-refractivity contribution in [2.45, 2.75) is 78.1 Å². The zero-order valence-electron chi connectivity index (χ0n) is 13.2. The smallest absolute Gasteiger partial charge is 0.305 e. The summed E-state index contributed by atoms with van der Waals surface area (Å²) in [5.41, 5.74) is 0. The molecule has 0 aromatic rings. The van der Waals surface area contributed by atoms with Gasteiger partial charge in [0.1, 0.15) is 5.78 Å². The van der Waals surface area contributed by atoms with Crippen molar-refractivity contribution in [3.63, 3.8) is 0 Å². The van der Waals surface area contributed by atoms with Crippen LogP contribution in [0.2, 0.25) is 0 Å². The molecule has 0 heterocycles. The Balaban J connectivity index is 1.94. The van der Waals surface area contributed by atoms with Gasteiger partial charge in [-0.05, 0) is 31.6 Å². The molecule has 0 saturated heterocycles. The van der Waals surface area contributed by atoms with Crippen molar-refractivity contribution in [1.82, 2.24) is 0 Å². The standard InChI is InChI=1S/C17H30O3/c1-3-4-13-20-17(19)10-8-6-5-7-9-15-14(2)11-12-16(15)18/h14-15H,3-13H2,1-2H3/t14-,15+/m0/s1. The Bertz CT molecular complexity index is 299. The van der Waals surface area contributed by atoms with Gasteiger partial charge in [0.15, 0.2) is 0 Å². The second kappa shape index (κ2) is 9.95. The van der Waals surface area contributed by atoms with Crippen molar-refractivity contribution in [3.8, 4) is 0 Å². The van der Waals surface area contributed by atoms with Crippen molar-refractivity contribution >= 4 is 11.8 Å². The second-order valence-electron chi connectivity index (χ2n) is 6.12. The number of hydrogen-bond donors (Lipinski definition) is 0. The summed E-state index contributed by atoms with van der Waals surface area (Å²) in [4.78, 5) is 23.0. The molecule has 2 atom stereocenters. The fraction of sp³-hybridized carbons (Fsp3) is 0.882. The van der Waals surface area contributed by atoms with Gasteiger partial charge in [-0.15, -0.1) is 0 Å². The van der Waals surface area contributed by atoms with Crippen LogP contribution in [-0.2, 0) is 14.3 Å². The Kier molecular flexibility index (Phi) is 8.56. The molecule has 0 spiro atoms. The summed E-state index contributed by atoms with van der Waals surface area (Å²) in [6, 6.07) is 0. The molecular formula is C17H30O3. The largest absolute Gasteiger partial charge is 0.466 e. The van der Waals surface area contributed by atoms with Gasteiger partial charge >= 0.3 is 5.97 Å². The minimum Gasteiger partial charge on any atom is -0.466 e. The maximum absolute atomic E-state index is 11.7. The lowest BCUT2D eigenvalue weighted by atomic mass is 9.91. The summed E-state index contributed by atoms with van der Waals surface area (Å²) in [6.07, 6.45) is 9.69. The molecule has 3 heteroatoms. The third kappa shape index (κ3) is 6.53. The molecule has 1 rings (SSSR count). The summed E-state index contributed by atoms with van der Waals surface area (Å²) in [5.74, 6) is 1.31. The number of ether oxygens (including phenoxy) is 1. The third-order valence-corrected chi connectivity index (χ3v) is 4.35. The lowest BCUT2D eigenvalue weighted by Crippen LogP contribution is -2.12. The highest BCUT2D eigenvalue weighted by Gasteiger charge is 2.30. The summed E-state index contributed by atoms with van der Waals surface area (Å²) < 4.78 is 5.11. The normalized spacial score (nSPS) is 22.2. The van der Waals surface area contributed by atoms with E-state index in [1.807, 2.05) is 0 Å². The van der Waals surface area contributed by atoms with Crippen LogP contribution in [0.3, 0.4) is 0 Å². The van der Waals surface area contributed by atoms with E-state index in [0.717, 1.165) is 57.8 Å². The van der Waals surface area contributed by atoms with Gasteiger partial charge in [0.2, 0.25) is 0 Å². The predicted molar refractivity (Wildman–Crippen MR) is 80.5 cm³/mol. The van der Waals surface area contributed by atoms with Gasteiger partial charge in [-0.25, -0.2) is 0 Å². The van der Waals surface area contributed by atoms with Gasteiger partial charge in [-0.2, -0.15) is 0 Å². The Morgan fingerprint density at radius 1 is 1.20 bits per heavy atom. The first kappa shape index (κ1) is 17.2. The summed E-state index contributed by atoms with van der Waals surface area (Å²) in [5, 5.41) is 0. The number of esters is 1. The summed E-state index contributed by atoms with van der Waals surface area (Å²) in [6.45, 7) is 4.85. The Morgan fingerprint density at radius 2 is 1.95 bits per heavy atom. The average molecular weight is 282 g/mol. The molecule has 0 aliphatic heterocycles. The lowest BCUT2D eigenvalue weighted by molar-refractivity contribution is -0.143. The van der Waals surface area contributed by atoms with Crippen LogP contribution in [0.4, 0.5) is 0 Å². The number of ketones is 1. The minimum absolute atomic E-state index is 0.0574. The first-order valence-corrected chi connectivity index (χ1v) is 8.33. The van der Waals surface area contributed by atoms with E-state index in [0.29, 0.717) is 30.6 Å². The second-order valence-corrected chi connectivity index (χ2v) is 6.12. The number of hydrogen-bond acceptors (Lipinski definition) is 3. The molecule has 0 radical (unpaired) electrons. The SMILES string of the molecule is CCCCOC(=O)CCCCCC[C@H]1C(=O)CC[C@@H]1C. The lowest BCUT2D eigenvalue weighted by Gasteiger charge is -2.13. The number of Topliss-reactive ketones (excluding diaryl/α,β-unsaturated/α-hetero) is 1. The molecule has 3 nitrogen and oxygen atoms in total. The molecule has 0 amide bonds. The summed E-state index contributed by atoms with van der Waals surface area (Å²) >= 11 is 0. The van der Waals surface area contributed by atoms with E-state index in [9.17, 15) is 9.59 Å². The van der Waals surface area contributed by atoms with Crippen LogP contribution in [0.5, 0.6) is 0 Å². The average Bonchev–Trinajstić information content (AvgIpc) is 2.74. The maximum Gasteiger partial charge on any atom is 0.305 e. The Hall–Kier alpha value is -0.860. The van der Waals surface area contributed by atoms with Crippen molar-refractivity contribution in [2.24, 2.45) is 11.8 Å². The maximum atomic E-state index is 11.7. The van der Waals surface area contributed by atoms with Crippen LogP contribution in [-0.4, -0.2) is 18.4 Å². The van der Waals surface area contributed by atoms with Gasteiger partial charge in [0, 0.05) is 18.8 Å². The van der Waals surface area contributed by atoms with Crippen LogP contribution in [0.25, 0.3) is 0 Å². The van der Waals surface area contributed by atoms with E-state index in [1.54, 1.807) is 0 Å². The van der Waals surface area contributed by atoms with Gasteiger partial charge < -0.3 is 4.74 Å². The van der Waals surface area contributed by atoms with E-state index < -0.39 is 0 Å². The zero-order valence-corrected chi connectivity index (χ0v) is 13.2. The molecule has 1 saturated carbocycles. The van der Waals surface area contributed by atoms with Gasteiger partial charge in [-0.1, -0.05) is 39.5 Å². The quantitative estimate of drug-likeness (QED) is 0.443. The highest BCUT2D eigenvalue weighted by molar-refractivity contribution is 5.83. The predicted octanol–water partition coefficient (Wildman–Crippen LogP) is 4.29. The molecule has 0 aromatic heterocycles. The van der Waals surface area contributed by atoms with Crippen LogP contribution in [0.15, 0.2) is 0 Å². The third-order valence-electron chi connectivity index (χ3n) is 4.35. The number of carbonyl (C=O) groups is 2. The topological polar surface area (TPSA) is 43.4 Å². The van der Waals surface area contributed by atoms with E-state index in [2.05, 4.69) is 13.8 Å².